The predicted octanol–water partition coefficient (Wildman–Crippen LogP) is 1.39. The van der Waals surface area contributed by atoms with Gasteiger partial charge >= 0.3 is 0 Å². The molecule has 0 saturated carbocycles. The fraction of sp³-hybridized carbons (Fsp3) is 0.348. The van der Waals surface area contributed by atoms with Crippen molar-refractivity contribution in [1.82, 2.24) is 29.8 Å². The molecule has 11 heteroatoms. The van der Waals surface area contributed by atoms with Crippen molar-refractivity contribution in [3.63, 3.8) is 0 Å². The number of nitrogens with zero attached hydrogens (tertiary/aromatic N) is 5. The van der Waals surface area contributed by atoms with Gasteiger partial charge in [-0.1, -0.05) is 23.7 Å². The Balaban J connectivity index is 1.73. The molecule has 0 spiro atoms. The average Bonchev–Trinajstić information content (AvgIpc) is 3.26. The second-order valence-corrected chi connectivity index (χ2v) is 8.87. The Labute approximate surface area is 200 Å². The van der Waals surface area contributed by atoms with E-state index in [0.717, 1.165) is 4.68 Å². The van der Waals surface area contributed by atoms with Gasteiger partial charge in [0.1, 0.15) is 11.3 Å². The number of aliphatic hydroxyl groups is 1. The van der Waals surface area contributed by atoms with Crippen LogP contribution in [0.15, 0.2) is 47.5 Å². The van der Waals surface area contributed by atoms with Gasteiger partial charge in [-0.05, 0) is 31.0 Å². The van der Waals surface area contributed by atoms with Crippen molar-refractivity contribution in [2.45, 2.75) is 25.3 Å². The molecular weight excluding hydrogens is 460 g/mol. The Hall–Kier alpha value is -3.50. The molecule has 0 atom stereocenters. The minimum absolute atomic E-state index is 0.0565. The number of rotatable bonds is 5. The van der Waals surface area contributed by atoms with E-state index in [9.17, 15) is 19.5 Å². The molecule has 0 aliphatic carbocycles. The van der Waals surface area contributed by atoms with Crippen LogP contribution < -0.4 is 10.9 Å². The van der Waals surface area contributed by atoms with Gasteiger partial charge in [0.2, 0.25) is 5.91 Å². The van der Waals surface area contributed by atoms with Crippen LogP contribution in [0.1, 0.15) is 30.1 Å². The lowest BCUT2D eigenvalue weighted by molar-refractivity contribution is -0.130. The molecule has 3 aromatic rings. The number of nitrogens with one attached hydrogen (secondary N) is 1. The number of piperidine rings is 1. The van der Waals surface area contributed by atoms with Gasteiger partial charge in [-0.15, -0.1) is 0 Å². The molecule has 34 heavy (non-hydrogen) atoms. The molecule has 10 nitrogen and oxygen atoms in total. The molecule has 2 aromatic heterocycles. The van der Waals surface area contributed by atoms with Crippen molar-refractivity contribution in [3.8, 4) is 16.9 Å². The average molecular weight is 485 g/mol. The van der Waals surface area contributed by atoms with Crippen LogP contribution in [0.25, 0.3) is 16.9 Å². The van der Waals surface area contributed by atoms with Crippen LogP contribution in [0.4, 0.5) is 0 Å². The lowest BCUT2D eigenvalue weighted by Crippen LogP contribution is -2.58. The Morgan fingerprint density at radius 1 is 1.21 bits per heavy atom. The van der Waals surface area contributed by atoms with Crippen LogP contribution in [0, 0.1) is 0 Å². The molecule has 1 saturated heterocycles. The van der Waals surface area contributed by atoms with Gasteiger partial charge in [0, 0.05) is 37.6 Å². The number of carbonyl (C=O) groups is 2. The minimum atomic E-state index is -0.932. The number of hydrogen-bond donors (Lipinski definition) is 2. The molecule has 3 heterocycles. The van der Waals surface area contributed by atoms with Crippen LogP contribution in [0.2, 0.25) is 5.02 Å². The summed E-state index contributed by atoms with van der Waals surface area (Å²) in [5.41, 5.74) is -0.192. The number of carbonyl (C=O) groups excluding carboxylic acids is 2. The third kappa shape index (κ3) is 4.73. The summed E-state index contributed by atoms with van der Waals surface area (Å²) in [6, 6.07) is 8.32. The number of benzene rings is 1. The molecule has 178 valence electrons. The van der Waals surface area contributed by atoms with E-state index in [4.69, 9.17) is 11.6 Å². The standard InChI is InChI=1S/C23H25ClN6O4/c1-15(32)29-9-7-23(14-31,8-10-29)26-21(33)19-11-20(16-3-5-17(24)6-4-16)27-30(22(19)34)18-12-25-28(2)13-18/h3-6,11-13,31H,7-10,14H2,1-2H3,(H,26,33). The topological polar surface area (TPSA) is 122 Å². The van der Waals surface area contributed by atoms with Crippen molar-refractivity contribution in [2.24, 2.45) is 7.05 Å². The fourth-order valence-electron chi connectivity index (χ4n) is 3.99. The minimum Gasteiger partial charge on any atom is -0.394 e. The van der Waals surface area contributed by atoms with E-state index in [2.05, 4.69) is 15.5 Å². The number of hydrogen-bond acceptors (Lipinski definition) is 6. The lowest BCUT2D eigenvalue weighted by Gasteiger charge is -2.40. The monoisotopic (exact) mass is 484 g/mol. The maximum atomic E-state index is 13.4. The van der Waals surface area contributed by atoms with Crippen LogP contribution in [-0.4, -0.2) is 66.6 Å². The normalized spacial score (nSPS) is 15.2. The molecule has 1 aliphatic heterocycles. The van der Waals surface area contributed by atoms with E-state index in [1.165, 1.54) is 23.9 Å². The smallest absolute Gasteiger partial charge is 0.284 e. The van der Waals surface area contributed by atoms with Gasteiger partial charge in [-0.3, -0.25) is 19.1 Å². The highest BCUT2D eigenvalue weighted by atomic mass is 35.5. The molecule has 0 unspecified atom stereocenters. The van der Waals surface area contributed by atoms with Crippen molar-refractivity contribution in [2.75, 3.05) is 19.7 Å². The summed E-state index contributed by atoms with van der Waals surface area (Å²) in [4.78, 5) is 40.0. The Morgan fingerprint density at radius 3 is 2.44 bits per heavy atom. The maximum absolute atomic E-state index is 13.4. The van der Waals surface area contributed by atoms with Crippen molar-refractivity contribution >= 4 is 23.4 Å². The van der Waals surface area contributed by atoms with Gasteiger partial charge in [0.15, 0.2) is 0 Å². The fourth-order valence-corrected chi connectivity index (χ4v) is 4.12. The number of aryl methyl sites for hydroxylation is 1. The van der Waals surface area contributed by atoms with Gasteiger partial charge in [-0.2, -0.15) is 14.9 Å². The molecule has 4 rings (SSSR count). The highest BCUT2D eigenvalue weighted by molar-refractivity contribution is 6.30. The number of aliphatic hydroxyl groups excluding tert-OH is 1. The zero-order valence-corrected chi connectivity index (χ0v) is 19.6. The molecule has 1 fully saturated rings. The summed E-state index contributed by atoms with van der Waals surface area (Å²) >= 11 is 6.01. The Kier molecular flexibility index (Phi) is 6.54. The number of amides is 2. The number of likely N-dealkylation sites (tertiary alicyclic amines) is 1. The van der Waals surface area contributed by atoms with Crippen molar-refractivity contribution < 1.29 is 14.7 Å². The molecule has 0 bridgehead atoms. The van der Waals surface area contributed by atoms with E-state index in [1.807, 2.05) is 0 Å². The van der Waals surface area contributed by atoms with Crippen molar-refractivity contribution in [3.05, 3.63) is 63.7 Å². The first-order valence-corrected chi connectivity index (χ1v) is 11.2. The third-order valence-electron chi connectivity index (χ3n) is 6.08. The van der Waals surface area contributed by atoms with Crippen molar-refractivity contribution in [1.29, 1.82) is 0 Å². The molecule has 2 N–H and O–H groups in total. The summed E-state index contributed by atoms with van der Waals surface area (Å²) in [7, 11) is 1.71. The number of halogens is 1. The third-order valence-corrected chi connectivity index (χ3v) is 6.33. The molecule has 0 radical (unpaired) electrons. The van der Waals surface area contributed by atoms with Crippen LogP contribution in [0.3, 0.4) is 0 Å². The second kappa shape index (κ2) is 9.40. The zero-order chi connectivity index (χ0) is 24.5. The van der Waals surface area contributed by atoms with Gasteiger partial charge in [-0.25, -0.2) is 0 Å². The Bertz CT molecular complexity index is 1280. The van der Waals surface area contributed by atoms with Gasteiger partial charge in [0.05, 0.1) is 30.2 Å². The van der Waals surface area contributed by atoms with Crippen LogP contribution in [0.5, 0.6) is 0 Å². The van der Waals surface area contributed by atoms with E-state index in [0.29, 0.717) is 47.9 Å². The Morgan fingerprint density at radius 2 is 1.88 bits per heavy atom. The van der Waals surface area contributed by atoms with Crippen LogP contribution in [-0.2, 0) is 11.8 Å². The maximum Gasteiger partial charge on any atom is 0.284 e. The molecule has 1 aliphatic rings. The zero-order valence-electron chi connectivity index (χ0n) is 18.9. The lowest BCUT2D eigenvalue weighted by atomic mass is 9.87. The van der Waals surface area contributed by atoms with E-state index in [1.54, 1.807) is 42.4 Å². The van der Waals surface area contributed by atoms with Crippen LogP contribution >= 0.6 is 11.6 Å². The van der Waals surface area contributed by atoms with Gasteiger partial charge < -0.3 is 15.3 Å². The van der Waals surface area contributed by atoms with Gasteiger partial charge in [0.25, 0.3) is 11.5 Å². The first-order valence-electron chi connectivity index (χ1n) is 10.8. The highest BCUT2D eigenvalue weighted by Gasteiger charge is 2.37. The predicted molar refractivity (Wildman–Crippen MR) is 126 cm³/mol. The molecule has 2 amide bonds. The number of aromatic nitrogens is 4. The summed E-state index contributed by atoms with van der Waals surface area (Å²) in [5.74, 6) is -0.676. The summed E-state index contributed by atoms with van der Waals surface area (Å²) in [6.07, 6.45) is 3.85. The van der Waals surface area contributed by atoms with E-state index < -0.39 is 17.0 Å². The molecular formula is C23H25ClN6O4. The van der Waals surface area contributed by atoms with E-state index >= 15 is 0 Å². The first-order chi connectivity index (χ1) is 16.2. The first kappa shape index (κ1) is 23.7. The SMILES string of the molecule is CC(=O)N1CCC(CO)(NC(=O)c2cc(-c3ccc(Cl)cc3)nn(-c3cnn(C)c3)c2=O)CC1. The largest absolute Gasteiger partial charge is 0.394 e. The second-order valence-electron chi connectivity index (χ2n) is 8.44. The summed E-state index contributed by atoms with van der Waals surface area (Å²) < 4.78 is 2.66. The quantitative estimate of drug-likeness (QED) is 0.564. The molecule has 1 aromatic carbocycles. The van der Waals surface area contributed by atoms with E-state index in [-0.39, 0.29) is 18.1 Å². The summed E-state index contributed by atoms with van der Waals surface area (Å²) in [6.45, 7) is 1.99. The highest BCUT2D eigenvalue weighted by Crippen LogP contribution is 2.24. The summed E-state index contributed by atoms with van der Waals surface area (Å²) in [5, 5.41) is 22.0.